The minimum atomic E-state index is 0.395. The van der Waals surface area contributed by atoms with Crippen LogP contribution in [0.5, 0.6) is 0 Å². The Hall–Kier alpha value is -2.51. The number of fused-ring (bicyclic) bond motifs is 3. The quantitative estimate of drug-likeness (QED) is 0.650. The lowest BCUT2D eigenvalue weighted by Gasteiger charge is -2.59. The van der Waals surface area contributed by atoms with Crippen molar-refractivity contribution >= 4 is 17.4 Å². The molecule has 148 valence electrons. The third kappa shape index (κ3) is 2.75. The monoisotopic (exact) mass is 407 g/mol. The van der Waals surface area contributed by atoms with Crippen molar-refractivity contribution in [2.75, 3.05) is 25.0 Å². The molecule has 1 spiro atoms. The third-order valence-electron chi connectivity index (χ3n) is 6.56. The second kappa shape index (κ2) is 6.24. The molecule has 6 rings (SSSR count). The molecule has 8 heteroatoms. The summed E-state index contributed by atoms with van der Waals surface area (Å²) < 4.78 is 2.29. The molecule has 4 heterocycles. The first-order valence-electron chi connectivity index (χ1n) is 10.0. The Morgan fingerprint density at radius 1 is 1.10 bits per heavy atom. The van der Waals surface area contributed by atoms with Crippen LogP contribution in [0.4, 0.5) is 5.82 Å². The van der Waals surface area contributed by atoms with Gasteiger partial charge in [0.25, 0.3) is 0 Å². The van der Waals surface area contributed by atoms with Crippen molar-refractivity contribution < 1.29 is 0 Å². The highest BCUT2D eigenvalue weighted by Crippen LogP contribution is 2.56. The predicted molar refractivity (Wildman–Crippen MR) is 110 cm³/mol. The average molecular weight is 408 g/mol. The van der Waals surface area contributed by atoms with E-state index >= 15 is 0 Å². The second-order valence-corrected chi connectivity index (χ2v) is 9.22. The van der Waals surface area contributed by atoms with Crippen LogP contribution in [0.15, 0.2) is 36.8 Å². The molecule has 3 aliphatic rings. The Labute approximate surface area is 174 Å². The molecule has 1 aliphatic carbocycles. The molecule has 1 saturated carbocycles. The van der Waals surface area contributed by atoms with E-state index in [9.17, 15) is 0 Å². The van der Waals surface area contributed by atoms with Gasteiger partial charge in [0.2, 0.25) is 0 Å². The highest BCUT2D eigenvalue weighted by atomic mass is 35.5. The summed E-state index contributed by atoms with van der Waals surface area (Å²) in [7, 11) is 2.11. The Morgan fingerprint density at radius 3 is 2.76 bits per heavy atom. The molecule has 3 aromatic rings. The number of hydrogen-bond donors (Lipinski definition) is 0. The molecular formula is C21H22ClN7. The topological polar surface area (TPSA) is 63.0 Å². The number of aromatic nitrogens is 5. The maximum Gasteiger partial charge on any atom is 0.151 e. The van der Waals surface area contributed by atoms with Gasteiger partial charge in [0.1, 0.15) is 18.0 Å². The number of halogens is 1. The fourth-order valence-electron chi connectivity index (χ4n) is 5.27. The van der Waals surface area contributed by atoms with Crippen molar-refractivity contribution in [3.63, 3.8) is 0 Å². The lowest BCUT2D eigenvalue weighted by Crippen LogP contribution is -2.62. The molecule has 0 atom stereocenters. The van der Waals surface area contributed by atoms with Gasteiger partial charge in [-0.15, -0.1) is 10.2 Å². The van der Waals surface area contributed by atoms with Crippen molar-refractivity contribution in [1.29, 1.82) is 0 Å². The standard InChI is InChI=1S/C21H22ClN7/c1-27-9-14-6-16(22)2-3-17(14)29-19(10-27)25-26-20(29)15-7-21(8-15)11-28(12-21)18-4-5-23-13-24-18/h2-6,13,15H,7-12H2,1H3. The Balaban J connectivity index is 1.25. The van der Waals surface area contributed by atoms with Gasteiger partial charge in [-0.2, -0.15) is 0 Å². The van der Waals surface area contributed by atoms with Gasteiger partial charge in [-0.25, -0.2) is 9.97 Å². The lowest BCUT2D eigenvalue weighted by molar-refractivity contribution is 0.0581. The number of benzene rings is 1. The van der Waals surface area contributed by atoms with Crippen LogP contribution in [0.25, 0.3) is 5.69 Å². The van der Waals surface area contributed by atoms with Crippen LogP contribution in [-0.2, 0) is 13.1 Å². The van der Waals surface area contributed by atoms with E-state index in [2.05, 4.69) is 53.7 Å². The second-order valence-electron chi connectivity index (χ2n) is 8.78. The minimum Gasteiger partial charge on any atom is -0.355 e. The molecule has 2 fully saturated rings. The van der Waals surface area contributed by atoms with E-state index < -0.39 is 0 Å². The van der Waals surface area contributed by atoms with Gasteiger partial charge in [0.15, 0.2) is 5.82 Å². The third-order valence-corrected chi connectivity index (χ3v) is 6.79. The number of nitrogens with zero attached hydrogens (tertiary/aromatic N) is 7. The summed E-state index contributed by atoms with van der Waals surface area (Å²) in [6, 6.07) is 8.13. The summed E-state index contributed by atoms with van der Waals surface area (Å²) in [5.41, 5.74) is 2.80. The number of rotatable bonds is 2. The molecular weight excluding hydrogens is 386 g/mol. The van der Waals surface area contributed by atoms with Crippen LogP contribution in [-0.4, -0.2) is 49.8 Å². The Morgan fingerprint density at radius 2 is 1.97 bits per heavy atom. The number of hydrogen-bond acceptors (Lipinski definition) is 6. The molecule has 0 radical (unpaired) electrons. The first-order valence-corrected chi connectivity index (χ1v) is 10.4. The van der Waals surface area contributed by atoms with Crippen LogP contribution >= 0.6 is 11.6 Å². The van der Waals surface area contributed by atoms with Crippen molar-refractivity contribution in [1.82, 2.24) is 29.6 Å². The fraction of sp³-hybridized carbons (Fsp3) is 0.429. The first kappa shape index (κ1) is 17.4. The van der Waals surface area contributed by atoms with E-state index in [1.165, 1.54) is 11.3 Å². The zero-order chi connectivity index (χ0) is 19.6. The Bertz CT molecular complexity index is 1070. The van der Waals surface area contributed by atoms with E-state index in [1.54, 1.807) is 6.33 Å². The summed E-state index contributed by atoms with van der Waals surface area (Å²) in [5, 5.41) is 9.97. The fourth-order valence-corrected chi connectivity index (χ4v) is 5.46. The van der Waals surface area contributed by atoms with Crippen LogP contribution in [0, 0.1) is 5.41 Å². The van der Waals surface area contributed by atoms with E-state index in [0.717, 1.165) is 61.5 Å². The largest absolute Gasteiger partial charge is 0.355 e. The van der Waals surface area contributed by atoms with Crippen LogP contribution < -0.4 is 4.90 Å². The predicted octanol–water partition coefficient (Wildman–Crippen LogP) is 3.04. The molecule has 7 nitrogen and oxygen atoms in total. The molecule has 29 heavy (non-hydrogen) atoms. The minimum absolute atomic E-state index is 0.395. The highest BCUT2D eigenvalue weighted by Gasteiger charge is 2.54. The van der Waals surface area contributed by atoms with Crippen molar-refractivity contribution in [2.45, 2.75) is 31.8 Å². The highest BCUT2D eigenvalue weighted by molar-refractivity contribution is 6.30. The maximum absolute atomic E-state index is 6.27. The van der Waals surface area contributed by atoms with Gasteiger partial charge < -0.3 is 4.90 Å². The SMILES string of the molecule is CN1Cc2cc(Cl)ccc2-n2c(nnc2C2CC3(C2)CN(c2ccncn2)C3)C1. The molecule has 0 unspecified atom stereocenters. The van der Waals surface area contributed by atoms with Gasteiger partial charge in [0, 0.05) is 42.2 Å². The van der Waals surface area contributed by atoms with Gasteiger partial charge in [-0.05, 0) is 49.7 Å². The van der Waals surface area contributed by atoms with Gasteiger partial charge in [-0.1, -0.05) is 11.6 Å². The van der Waals surface area contributed by atoms with Gasteiger partial charge in [-0.3, -0.25) is 9.47 Å². The molecule has 0 bridgehead atoms. The van der Waals surface area contributed by atoms with E-state index in [-0.39, 0.29) is 0 Å². The molecule has 2 aliphatic heterocycles. The maximum atomic E-state index is 6.27. The van der Waals surface area contributed by atoms with Crippen LogP contribution in [0.3, 0.4) is 0 Å². The van der Waals surface area contributed by atoms with Gasteiger partial charge >= 0.3 is 0 Å². The summed E-state index contributed by atoms with van der Waals surface area (Å²) in [4.78, 5) is 13.0. The Kier molecular flexibility index (Phi) is 3.74. The normalized spacial score (nSPS) is 20.6. The van der Waals surface area contributed by atoms with Crippen molar-refractivity contribution in [3.05, 3.63) is 59.0 Å². The molecule has 1 saturated heterocycles. The van der Waals surface area contributed by atoms with E-state index in [4.69, 9.17) is 11.6 Å². The van der Waals surface area contributed by atoms with Crippen LogP contribution in [0.2, 0.25) is 5.02 Å². The number of anilines is 1. The molecule has 0 amide bonds. The average Bonchev–Trinajstić information content (AvgIpc) is 2.97. The summed E-state index contributed by atoms with van der Waals surface area (Å²) in [6.07, 6.45) is 5.75. The van der Waals surface area contributed by atoms with E-state index in [1.807, 2.05) is 18.3 Å². The smallest absolute Gasteiger partial charge is 0.151 e. The molecule has 1 aromatic carbocycles. The summed E-state index contributed by atoms with van der Waals surface area (Å²) in [5.74, 6) is 3.60. The molecule has 0 N–H and O–H groups in total. The zero-order valence-corrected chi connectivity index (χ0v) is 17.0. The lowest BCUT2D eigenvalue weighted by atomic mass is 9.57. The van der Waals surface area contributed by atoms with Gasteiger partial charge in [0.05, 0.1) is 12.2 Å². The molecule has 2 aromatic heterocycles. The van der Waals surface area contributed by atoms with Crippen molar-refractivity contribution in [3.8, 4) is 5.69 Å². The van der Waals surface area contributed by atoms with Crippen molar-refractivity contribution in [2.24, 2.45) is 5.41 Å². The summed E-state index contributed by atoms with van der Waals surface area (Å²) >= 11 is 6.27. The van der Waals surface area contributed by atoms with Crippen LogP contribution in [0.1, 0.15) is 36.0 Å². The first-order chi connectivity index (χ1) is 14.1. The zero-order valence-electron chi connectivity index (χ0n) is 16.3. The summed E-state index contributed by atoms with van der Waals surface area (Å²) in [6.45, 7) is 3.78. The van der Waals surface area contributed by atoms with E-state index in [0.29, 0.717) is 11.3 Å².